The molecule has 0 atom stereocenters. The number of benzene rings is 1. The van der Waals surface area contributed by atoms with E-state index in [1.165, 1.54) is 24.6 Å². The van der Waals surface area contributed by atoms with Gasteiger partial charge >= 0.3 is 0 Å². The Balaban J connectivity index is 1.26. The summed E-state index contributed by atoms with van der Waals surface area (Å²) in [4.78, 5) is 28.4. The molecule has 144 valence electrons. The highest BCUT2D eigenvalue weighted by Crippen LogP contribution is 2.21. The molecule has 5 rings (SSSR count). The second-order valence-corrected chi connectivity index (χ2v) is 7.68. The van der Waals surface area contributed by atoms with Crippen molar-refractivity contribution in [2.24, 2.45) is 0 Å². The van der Waals surface area contributed by atoms with Crippen LogP contribution in [0.1, 0.15) is 23.2 Å². The van der Waals surface area contributed by atoms with E-state index in [1.807, 2.05) is 35.4 Å². The Morgan fingerprint density at radius 2 is 1.68 bits per heavy atom. The van der Waals surface area contributed by atoms with Crippen molar-refractivity contribution < 1.29 is 4.79 Å². The summed E-state index contributed by atoms with van der Waals surface area (Å²) in [5, 5.41) is 0. The average molecular weight is 395 g/mol. The number of aromatic nitrogens is 4. The number of fused-ring (bicyclic) bond motifs is 1. The van der Waals surface area contributed by atoms with Gasteiger partial charge in [-0.1, -0.05) is 0 Å². The molecule has 9 heteroatoms. The highest BCUT2D eigenvalue weighted by Gasteiger charge is 2.24. The molecule has 1 aromatic carbocycles. The average Bonchev–Trinajstić information content (AvgIpc) is 3.45. The van der Waals surface area contributed by atoms with Crippen LogP contribution in [-0.2, 0) is 0 Å². The largest absolute Gasteiger partial charge is 0.353 e. The first-order chi connectivity index (χ1) is 13.8. The van der Waals surface area contributed by atoms with E-state index in [0.29, 0.717) is 18.7 Å². The van der Waals surface area contributed by atoms with Gasteiger partial charge in [-0.2, -0.15) is 13.7 Å². The third-order valence-electron chi connectivity index (χ3n) is 5.41. The van der Waals surface area contributed by atoms with Crippen molar-refractivity contribution in [2.75, 3.05) is 49.1 Å². The van der Waals surface area contributed by atoms with Crippen LogP contribution in [0.15, 0.2) is 30.5 Å². The smallest absolute Gasteiger partial charge is 0.254 e. The summed E-state index contributed by atoms with van der Waals surface area (Å²) in [7, 11) is 0. The lowest BCUT2D eigenvalue weighted by Crippen LogP contribution is -2.49. The van der Waals surface area contributed by atoms with Crippen LogP contribution in [0.2, 0.25) is 0 Å². The normalized spacial score (nSPS) is 17.5. The number of nitrogens with zero attached hydrogens (tertiary/aromatic N) is 7. The monoisotopic (exact) mass is 395 g/mol. The summed E-state index contributed by atoms with van der Waals surface area (Å²) in [6.45, 7) is 4.95. The standard InChI is InChI=1S/C19H21N7OS/c27-18(14-3-4-15-16(13-14)23-28-22-15)25-11-9-24(10-12-25)17-5-6-20-19(21-17)26-7-1-2-8-26/h3-6,13H,1-2,7-12H2. The molecule has 2 fully saturated rings. The van der Waals surface area contributed by atoms with E-state index in [0.717, 1.165) is 49.0 Å². The molecule has 8 nitrogen and oxygen atoms in total. The summed E-state index contributed by atoms with van der Waals surface area (Å²) in [6, 6.07) is 7.49. The van der Waals surface area contributed by atoms with E-state index in [-0.39, 0.29) is 5.91 Å². The van der Waals surface area contributed by atoms with Gasteiger partial charge in [0.1, 0.15) is 16.9 Å². The zero-order valence-corrected chi connectivity index (χ0v) is 16.3. The van der Waals surface area contributed by atoms with Crippen LogP contribution in [0.3, 0.4) is 0 Å². The molecular formula is C19H21N7OS. The molecule has 0 saturated carbocycles. The summed E-state index contributed by atoms with van der Waals surface area (Å²) >= 11 is 1.17. The van der Waals surface area contributed by atoms with Crippen LogP contribution in [0.4, 0.5) is 11.8 Å². The van der Waals surface area contributed by atoms with Crippen LogP contribution in [0.25, 0.3) is 11.0 Å². The fourth-order valence-corrected chi connectivity index (χ4v) is 4.34. The molecule has 0 radical (unpaired) electrons. The molecule has 2 aromatic heterocycles. The van der Waals surface area contributed by atoms with Crippen molar-refractivity contribution in [1.29, 1.82) is 0 Å². The second-order valence-electron chi connectivity index (χ2n) is 7.16. The van der Waals surface area contributed by atoms with Crippen molar-refractivity contribution >= 4 is 40.4 Å². The number of carbonyl (C=O) groups excluding carboxylic acids is 1. The molecule has 3 aromatic rings. The molecule has 2 aliphatic rings. The molecule has 0 bridgehead atoms. The zero-order chi connectivity index (χ0) is 18.9. The Labute approximate surface area is 167 Å². The number of hydrogen-bond acceptors (Lipinski definition) is 8. The van der Waals surface area contributed by atoms with Crippen molar-refractivity contribution in [3.8, 4) is 0 Å². The zero-order valence-electron chi connectivity index (χ0n) is 15.5. The lowest BCUT2D eigenvalue weighted by molar-refractivity contribution is 0.0746. The van der Waals surface area contributed by atoms with E-state index in [4.69, 9.17) is 4.98 Å². The Bertz CT molecular complexity index is 993. The van der Waals surface area contributed by atoms with Gasteiger partial charge in [-0.25, -0.2) is 4.98 Å². The first-order valence-corrected chi connectivity index (χ1v) is 10.4. The van der Waals surface area contributed by atoms with Crippen LogP contribution in [0.5, 0.6) is 0 Å². The van der Waals surface area contributed by atoms with Gasteiger partial charge in [0.25, 0.3) is 5.91 Å². The van der Waals surface area contributed by atoms with E-state index in [2.05, 4.69) is 23.5 Å². The third kappa shape index (κ3) is 3.26. The molecule has 0 N–H and O–H groups in total. The fraction of sp³-hybridized carbons (Fsp3) is 0.421. The highest BCUT2D eigenvalue weighted by atomic mass is 32.1. The maximum atomic E-state index is 12.9. The molecule has 0 spiro atoms. The van der Waals surface area contributed by atoms with Crippen molar-refractivity contribution in [2.45, 2.75) is 12.8 Å². The molecule has 2 aliphatic heterocycles. The van der Waals surface area contributed by atoms with Gasteiger partial charge in [-0.05, 0) is 37.1 Å². The quantitative estimate of drug-likeness (QED) is 0.671. The van der Waals surface area contributed by atoms with E-state index >= 15 is 0 Å². The number of piperazine rings is 1. The highest BCUT2D eigenvalue weighted by molar-refractivity contribution is 7.00. The lowest BCUT2D eigenvalue weighted by atomic mass is 10.1. The summed E-state index contributed by atoms with van der Waals surface area (Å²) < 4.78 is 8.43. The van der Waals surface area contributed by atoms with Crippen molar-refractivity contribution in [3.05, 3.63) is 36.0 Å². The number of anilines is 2. The molecule has 0 aliphatic carbocycles. The summed E-state index contributed by atoms with van der Waals surface area (Å²) in [6.07, 6.45) is 4.25. The summed E-state index contributed by atoms with van der Waals surface area (Å²) in [5.74, 6) is 1.81. The molecule has 0 unspecified atom stereocenters. The Kier molecular flexibility index (Phi) is 4.52. The summed E-state index contributed by atoms with van der Waals surface area (Å²) in [5.41, 5.74) is 2.29. The van der Waals surface area contributed by atoms with E-state index < -0.39 is 0 Å². The van der Waals surface area contributed by atoms with Crippen molar-refractivity contribution in [3.63, 3.8) is 0 Å². The third-order valence-corrected chi connectivity index (χ3v) is 5.97. The molecule has 4 heterocycles. The number of amides is 1. The van der Waals surface area contributed by atoms with Crippen LogP contribution >= 0.6 is 11.7 Å². The van der Waals surface area contributed by atoms with Gasteiger partial charge in [0, 0.05) is 51.0 Å². The second kappa shape index (κ2) is 7.31. The van der Waals surface area contributed by atoms with Crippen LogP contribution < -0.4 is 9.80 Å². The molecule has 1 amide bonds. The van der Waals surface area contributed by atoms with Gasteiger partial charge in [0.2, 0.25) is 5.95 Å². The first kappa shape index (κ1) is 17.3. The van der Waals surface area contributed by atoms with Crippen LogP contribution in [0, 0.1) is 0 Å². The lowest BCUT2D eigenvalue weighted by Gasteiger charge is -2.35. The van der Waals surface area contributed by atoms with Gasteiger partial charge in [-0.15, -0.1) is 0 Å². The topological polar surface area (TPSA) is 78.4 Å². The number of hydrogen-bond donors (Lipinski definition) is 0. The van der Waals surface area contributed by atoms with Crippen LogP contribution in [-0.4, -0.2) is 68.8 Å². The van der Waals surface area contributed by atoms with Gasteiger partial charge < -0.3 is 14.7 Å². The predicted octanol–water partition coefficient (Wildman–Crippen LogP) is 2.04. The van der Waals surface area contributed by atoms with Crippen molar-refractivity contribution in [1.82, 2.24) is 23.6 Å². The Morgan fingerprint density at radius 1 is 0.893 bits per heavy atom. The molecule has 28 heavy (non-hydrogen) atoms. The number of carbonyl (C=O) groups is 1. The number of rotatable bonds is 3. The Hall–Kier alpha value is -2.81. The predicted molar refractivity (Wildman–Crippen MR) is 109 cm³/mol. The van der Waals surface area contributed by atoms with Gasteiger partial charge in [0.15, 0.2) is 0 Å². The molecule has 2 saturated heterocycles. The first-order valence-electron chi connectivity index (χ1n) is 9.62. The van der Waals surface area contributed by atoms with E-state index in [9.17, 15) is 4.79 Å². The minimum atomic E-state index is 0.0509. The molecular weight excluding hydrogens is 374 g/mol. The van der Waals surface area contributed by atoms with Gasteiger partial charge in [-0.3, -0.25) is 4.79 Å². The van der Waals surface area contributed by atoms with Gasteiger partial charge in [0.05, 0.1) is 11.7 Å². The SMILES string of the molecule is O=C(c1ccc2nsnc2c1)N1CCN(c2ccnc(N3CCCC3)n2)CC1. The van der Waals surface area contributed by atoms with E-state index in [1.54, 1.807) is 0 Å². The minimum absolute atomic E-state index is 0.0509. The minimum Gasteiger partial charge on any atom is -0.353 e. The maximum absolute atomic E-state index is 12.9. The fourth-order valence-electron chi connectivity index (χ4n) is 3.82. The maximum Gasteiger partial charge on any atom is 0.254 e. The Morgan fingerprint density at radius 3 is 2.50 bits per heavy atom.